The zero-order chi connectivity index (χ0) is 26.3. The molecule has 0 aliphatic carbocycles. The second-order valence-corrected chi connectivity index (χ2v) is 11.3. The summed E-state index contributed by atoms with van der Waals surface area (Å²) in [4.78, 5) is 23.7. The van der Waals surface area contributed by atoms with Crippen LogP contribution in [0, 0.1) is 5.41 Å². The Morgan fingerprint density at radius 3 is 2.73 bits per heavy atom. The third-order valence-electron chi connectivity index (χ3n) is 7.29. The first kappa shape index (κ1) is 27.6. The lowest BCUT2D eigenvalue weighted by molar-refractivity contribution is -0.141. The van der Waals surface area contributed by atoms with Gasteiger partial charge in [-0.05, 0) is 93.2 Å². The van der Waals surface area contributed by atoms with E-state index in [0.717, 1.165) is 44.6 Å². The number of likely N-dealkylation sites (tertiary alicyclic amines) is 1. The molecule has 0 bridgehead atoms. The van der Waals surface area contributed by atoms with Crippen LogP contribution >= 0.6 is 23.4 Å². The molecular formula is C28H33ClFN3O3S. The highest BCUT2D eigenvalue weighted by molar-refractivity contribution is 7.99. The maximum Gasteiger partial charge on any atom is 0.303 e. The number of aliphatic carboxylic acids is 1. The van der Waals surface area contributed by atoms with Crippen molar-refractivity contribution < 1.29 is 19.0 Å². The molecule has 0 saturated carbocycles. The van der Waals surface area contributed by atoms with Crippen LogP contribution in [0.1, 0.15) is 50.3 Å². The summed E-state index contributed by atoms with van der Waals surface area (Å²) in [7, 11) is 1.56. The van der Waals surface area contributed by atoms with Gasteiger partial charge in [0.05, 0.1) is 24.1 Å². The van der Waals surface area contributed by atoms with Gasteiger partial charge in [-0.1, -0.05) is 11.6 Å². The molecule has 6 nitrogen and oxygen atoms in total. The number of alkyl halides is 1. The number of methoxy groups -OCH3 is 1. The minimum atomic E-state index is -1.32. The summed E-state index contributed by atoms with van der Waals surface area (Å²) in [5.74, 6) is 0.809. The second-order valence-electron chi connectivity index (χ2n) is 9.71. The molecule has 3 heterocycles. The molecule has 9 heteroatoms. The fourth-order valence-electron chi connectivity index (χ4n) is 5.19. The van der Waals surface area contributed by atoms with E-state index in [1.54, 1.807) is 37.7 Å². The van der Waals surface area contributed by atoms with Crippen LogP contribution in [-0.2, 0) is 4.79 Å². The fraction of sp³-hybridized carbons (Fsp3) is 0.464. The molecule has 198 valence electrons. The monoisotopic (exact) mass is 545 g/mol. The summed E-state index contributed by atoms with van der Waals surface area (Å²) in [6.45, 7) is 2.65. The highest BCUT2D eigenvalue weighted by atomic mass is 35.5. The van der Waals surface area contributed by atoms with Crippen molar-refractivity contribution in [2.75, 3.05) is 32.5 Å². The molecule has 0 radical (unpaired) electrons. The predicted molar refractivity (Wildman–Crippen MR) is 146 cm³/mol. The van der Waals surface area contributed by atoms with Gasteiger partial charge in [0, 0.05) is 34.4 Å². The van der Waals surface area contributed by atoms with Crippen LogP contribution in [0.2, 0.25) is 5.02 Å². The fourth-order valence-corrected chi connectivity index (χ4v) is 6.28. The lowest BCUT2D eigenvalue weighted by Gasteiger charge is -2.41. The predicted octanol–water partition coefficient (Wildman–Crippen LogP) is 6.82. The standard InChI is InChI=1S/C28H33ClFN3O3S/c1-36-20-3-4-25-22(17-20)27(23(29)19-32-25)24(30)5-8-28(18-26(34)35)9-14-33(15-10-28)13-2-16-37-21-6-11-31-12-7-21/h3-4,6-7,11-12,17,19,24H,2,5,8-10,13-16,18H2,1H3,(H,34,35)/t24-/m1/s1. The molecule has 4 rings (SSSR count). The number of carboxylic acid groups (broad SMARTS) is 1. The van der Waals surface area contributed by atoms with Gasteiger partial charge in [-0.25, -0.2) is 4.39 Å². The highest BCUT2D eigenvalue weighted by Crippen LogP contribution is 2.44. The number of hydrogen-bond donors (Lipinski definition) is 1. The summed E-state index contributed by atoms with van der Waals surface area (Å²) >= 11 is 8.23. The number of thioether (sulfide) groups is 1. The summed E-state index contributed by atoms with van der Waals surface area (Å²) in [6.07, 6.45) is 7.10. The van der Waals surface area contributed by atoms with Crippen LogP contribution in [0.4, 0.5) is 4.39 Å². The smallest absolute Gasteiger partial charge is 0.303 e. The molecule has 2 aromatic heterocycles. The van der Waals surface area contributed by atoms with Crippen LogP contribution < -0.4 is 4.74 Å². The van der Waals surface area contributed by atoms with Gasteiger partial charge in [-0.3, -0.25) is 14.8 Å². The number of piperidine rings is 1. The number of carboxylic acids is 1. The van der Waals surface area contributed by atoms with E-state index in [0.29, 0.717) is 28.6 Å². The van der Waals surface area contributed by atoms with E-state index in [1.807, 2.05) is 23.9 Å². The molecule has 0 amide bonds. The Balaban J connectivity index is 1.35. The molecule has 0 spiro atoms. The lowest BCUT2D eigenvalue weighted by Crippen LogP contribution is -2.41. The molecule has 1 aliphatic rings. The maximum atomic E-state index is 15.7. The molecule has 1 aliphatic heterocycles. The average Bonchev–Trinajstić information content (AvgIpc) is 2.90. The average molecular weight is 546 g/mol. The van der Waals surface area contributed by atoms with Crippen LogP contribution in [0.15, 0.2) is 53.8 Å². The first-order valence-corrected chi connectivity index (χ1v) is 14.0. The number of halogens is 2. The van der Waals surface area contributed by atoms with Crippen molar-refractivity contribution in [3.05, 3.63) is 59.5 Å². The number of rotatable bonds is 12. The van der Waals surface area contributed by atoms with Gasteiger partial charge in [-0.15, -0.1) is 11.8 Å². The van der Waals surface area contributed by atoms with Crippen molar-refractivity contribution in [2.45, 2.75) is 49.6 Å². The van der Waals surface area contributed by atoms with E-state index in [1.165, 1.54) is 11.1 Å². The highest BCUT2D eigenvalue weighted by Gasteiger charge is 2.37. The summed E-state index contributed by atoms with van der Waals surface area (Å²) in [6, 6.07) is 9.37. The SMILES string of the molecule is COc1ccc2ncc(Cl)c([C@H](F)CCC3(CC(=O)O)CCN(CCCSc4ccncc4)CC3)c2c1. The molecule has 37 heavy (non-hydrogen) atoms. The van der Waals surface area contributed by atoms with Crippen molar-refractivity contribution in [2.24, 2.45) is 5.41 Å². The second kappa shape index (κ2) is 12.9. The largest absolute Gasteiger partial charge is 0.497 e. The van der Waals surface area contributed by atoms with Crippen LogP contribution in [-0.4, -0.2) is 58.4 Å². The van der Waals surface area contributed by atoms with Gasteiger partial charge in [0.2, 0.25) is 0 Å². The van der Waals surface area contributed by atoms with Gasteiger partial charge in [0.1, 0.15) is 11.9 Å². The number of hydrogen-bond acceptors (Lipinski definition) is 6. The number of fused-ring (bicyclic) bond motifs is 1. The third-order valence-corrected chi connectivity index (χ3v) is 8.69. The van der Waals surface area contributed by atoms with Crippen LogP contribution in [0.25, 0.3) is 10.9 Å². The van der Waals surface area contributed by atoms with Gasteiger partial charge in [-0.2, -0.15) is 0 Å². The molecule has 1 aromatic carbocycles. The molecule has 1 fully saturated rings. The van der Waals surface area contributed by atoms with Crippen LogP contribution in [0.5, 0.6) is 5.75 Å². The number of pyridine rings is 2. The Morgan fingerprint density at radius 2 is 2.03 bits per heavy atom. The first-order chi connectivity index (χ1) is 17.9. The quantitative estimate of drug-likeness (QED) is 0.197. The van der Waals surface area contributed by atoms with Gasteiger partial charge in [0.15, 0.2) is 0 Å². The van der Waals surface area contributed by atoms with Gasteiger partial charge < -0.3 is 14.7 Å². The molecular weight excluding hydrogens is 513 g/mol. The minimum absolute atomic E-state index is 0.0596. The van der Waals surface area contributed by atoms with Crippen molar-refractivity contribution in [1.29, 1.82) is 0 Å². The molecule has 1 atom stereocenters. The summed E-state index contributed by atoms with van der Waals surface area (Å²) in [5, 5.41) is 10.6. The number of benzene rings is 1. The van der Waals surface area contributed by atoms with E-state index in [4.69, 9.17) is 16.3 Å². The number of nitrogens with zero attached hydrogens (tertiary/aromatic N) is 3. The van der Waals surface area contributed by atoms with Crippen molar-refractivity contribution in [1.82, 2.24) is 14.9 Å². The lowest BCUT2D eigenvalue weighted by atomic mass is 9.71. The summed E-state index contributed by atoms with van der Waals surface area (Å²) in [5.41, 5.74) is 0.643. The van der Waals surface area contributed by atoms with Crippen LogP contribution in [0.3, 0.4) is 0 Å². The topological polar surface area (TPSA) is 75.6 Å². The zero-order valence-corrected chi connectivity index (χ0v) is 22.6. The van der Waals surface area contributed by atoms with Gasteiger partial charge >= 0.3 is 5.97 Å². The Labute approximate surface area is 226 Å². The van der Waals surface area contributed by atoms with E-state index in [2.05, 4.69) is 14.9 Å². The number of aromatic nitrogens is 2. The number of carbonyl (C=O) groups is 1. The molecule has 1 saturated heterocycles. The molecule has 1 N–H and O–H groups in total. The minimum Gasteiger partial charge on any atom is -0.497 e. The third kappa shape index (κ3) is 7.33. The van der Waals surface area contributed by atoms with Crippen molar-refractivity contribution in [3.63, 3.8) is 0 Å². The first-order valence-electron chi connectivity index (χ1n) is 12.6. The molecule has 3 aromatic rings. The zero-order valence-electron chi connectivity index (χ0n) is 21.0. The van der Waals surface area contributed by atoms with Crippen molar-refractivity contribution in [3.8, 4) is 5.75 Å². The van der Waals surface area contributed by atoms with E-state index in [-0.39, 0.29) is 17.9 Å². The molecule has 0 unspecified atom stereocenters. The Hall–Kier alpha value is -2.42. The van der Waals surface area contributed by atoms with E-state index >= 15 is 4.39 Å². The van der Waals surface area contributed by atoms with Gasteiger partial charge in [0.25, 0.3) is 0 Å². The Morgan fingerprint density at radius 1 is 1.27 bits per heavy atom. The van der Waals surface area contributed by atoms with E-state index < -0.39 is 17.6 Å². The summed E-state index contributed by atoms with van der Waals surface area (Å²) < 4.78 is 21.0. The Bertz CT molecular complexity index is 1190. The number of ether oxygens (including phenoxy) is 1. The Kier molecular flexibility index (Phi) is 9.62. The maximum absolute atomic E-state index is 15.7. The van der Waals surface area contributed by atoms with E-state index in [9.17, 15) is 9.90 Å². The van der Waals surface area contributed by atoms with Crippen molar-refractivity contribution >= 4 is 40.2 Å². The normalized spacial score (nSPS) is 16.5.